The van der Waals surface area contributed by atoms with Gasteiger partial charge in [-0.15, -0.1) is 11.3 Å². The number of carbonyl (C=O) groups is 1. The van der Waals surface area contributed by atoms with E-state index in [2.05, 4.69) is 10.3 Å². The van der Waals surface area contributed by atoms with Gasteiger partial charge in [0.15, 0.2) is 11.5 Å². The Bertz CT molecular complexity index is 718. The number of nitrogens with one attached hydrogen (secondary N) is 1. The summed E-state index contributed by atoms with van der Waals surface area (Å²) in [6.07, 6.45) is 5.89. The first kappa shape index (κ1) is 14.5. The summed E-state index contributed by atoms with van der Waals surface area (Å²) in [6, 6.07) is 5.43. The third-order valence-corrected chi connectivity index (χ3v) is 5.33. The Hall–Kier alpha value is -2.08. The highest BCUT2D eigenvalue weighted by atomic mass is 32.1. The number of fused-ring (bicyclic) bond motifs is 2. The van der Waals surface area contributed by atoms with Crippen molar-refractivity contribution in [1.82, 2.24) is 4.98 Å². The smallest absolute Gasteiger partial charge is 0.231 e. The Morgan fingerprint density at radius 1 is 1.22 bits per heavy atom. The van der Waals surface area contributed by atoms with Crippen LogP contribution in [-0.4, -0.2) is 17.7 Å². The van der Waals surface area contributed by atoms with Crippen LogP contribution < -0.4 is 14.8 Å². The van der Waals surface area contributed by atoms with Crippen molar-refractivity contribution in [2.45, 2.75) is 38.5 Å². The molecule has 1 aromatic heterocycles. The van der Waals surface area contributed by atoms with Crippen LogP contribution in [-0.2, 0) is 24.1 Å². The van der Waals surface area contributed by atoms with Gasteiger partial charge in [0.05, 0.1) is 10.7 Å². The second-order valence-corrected chi connectivity index (χ2v) is 6.97. The number of thiazole rings is 1. The van der Waals surface area contributed by atoms with Crippen LogP contribution in [0.2, 0.25) is 0 Å². The number of rotatable bonds is 4. The Balaban J connectivity index is 1.34. The van der Waals surface area contributed by atoms with Crippen molar-refractivity contribution in [3.63, 3.8) is 0 Å². The van der Waals surface area contributed by atoms with E-state index in [1.54, 1.807) is 17.4 Å². The lowest BCUT2D eigenvalue weighted by atomic mass is 10.0. The number of nitrogens with zero attached hydrogens (tertiary/aromatic N) is 1. The zero-order chi connectivity index (χ0) is 15.6. The molecule has 6 heteroatoms. The van der Waals surface area contributed by atoms with E-state index in [4.69, 9.17) is 9.47 Å². The van der Waals surface area contributed by atoms with Gasteiger partial charge in [-0.05, 0) is 37.8 Å². The highest BCUT2D eigenvalue weighted by Gasteiger charge is 2.16. The molecule has 2 aliphatic rings. The summed E-state index contributed by atoms with van der Waals surface area (Å²) in [5.41, 5.74) is 1.99. The molecule has 1 amide bonds. The van der Waals surface area contributed by atoms with Crippen LogP contribution in [0.4, 0.5) is 5.69 Å². The Labute approximate surface area is 138 Å². The summed E-state index contributed by atoms with van der Waals surface area (Å²) in [5, 5.41) is 3.99. The molecule has 5 nitrogen and oxygen atoms in total. The Morgan fingerprint density at radius 2 is 2.09 bits per heavy atom. The fraction of sp³-hybridized carbons (Fsp3) is 0.412. The molecule has 0 bridgehead atoms. The van der Waals surface area contributed by atoms with Crippen molar-refractivity contribution in [1.29, 1.82) is 0 Å². The molecular weight excluding hydrogens is 312 g/mol. The van der Waals surface area contributed by atoms with Gasteiger partial charge in [-0.1, -0.05) is 0 Å². The Morgan fingerprint density at radius 3 is 3.00 bits per heavy atom. The predicted octanol–water partition coefficient (Wildman–Crippen LogP) is 3.32. The fourth-order valence-electron chi connectivity index (χ4n) is 2.93. The van der Waals surface area contributed by atoms with Gasteiger partial charge in [-0.25, -0.2) is 4.98 Å². The molecule has 0 fully saturated rings. The minimum Gasteiger partial charge on any atom is -0.454 e. The summed E-state index contributed by atoms with van der Waals surface area (Å²) in [5.74, 6) is 1.39. The standard InChI is InChI=1S/C17H18N2O3S/c20-16(18-11-5-6-13-14(9-11)22-10-21-13)7-8-17-19-12-3-1-2-4-15(12)23-17/h5-6,9H,1-4,7-8,10H2,(H,18,20). The molecule has 0 unspecified atom stereocenters. The van der Waals surface area contributed by atoms with Crippen molar-refractivity contribution in [3.05, 3.63) is 33.8 Å². The van der Waals surface area contributed by atoms with Crippen molar-refractivity contribution >= 4 is 22.9 Å². The molecule has 2 heterocycles. The molecule has 4 rings (SSSR count). The molecule has 0 saturated carbocycles. The van der Waals surface area contributed by atoms with E-state index in [9.17, 15) is 4.79 Å². The second-order valence-electron chi connectivity index (χ2n) is 5.80. The van der Waals surface area contributed by atoms with Crippen LogP contribution in [0.15, 0.2) is 18.2 Å². The molecule has 2 aromatic rings. The van der Waals surface area contributed by atoms with Crippen LogP contribution in [0.1, 0.15) is 34.8 Å². The van der Waals surface area contributed by atoms with Crippen LogP contribution in [0.3, 0.4) is 0 Å². The summed E-state index contributed by atoms with van der Waals surface area (Å²) in [6.45, 7) is 0.238. The molecule has 1 aliphatic heterocycles. The second kappa shape index (κ2) is 6.20. The van der Waals surface area contributed by atoms with Gasteiger partial charge in [-0.2, -0.15) is 0 Å². The number of carbonyl (C=O) groups excluding carboxylic acids is 1. The zero-order valence-corrected chi connectivity index (χ0v) is 13.6. The van der Waals surface area contributed by atoms with Crippen LogP contribution in [0.5, 0.6) is 11.5 Å². The molecule has 1 aromatic carbocycles. The van der Waals surface area contributed by atoms with Gasteiger partial charge < -0.3 is 14.8 Å². The van der Waals surface area contributed by atoms with E-state index in [1.807, 2.05) is 12.1 Å². The minimum atomic E-state index is -0.00274. The van der Waals surface area contributed by atoms with E-state index < -0.39 is 0 Å². The first-order valence-electron chi connectivity index (χ1n) is 7.95. The zero-order valence-electron chi connectivity index (χ0n) is 12.8. The quantitative estimate of drug-likeness (QED) is 0.934. The van der Waals surface area contributed by atoms with Crippen molar-refractivity contribution in [2.75, 3.05) is 12.1 Å². The minimum absolute atomic E-state index is 0.00274. The molecule has 1 aliphatic carbocycles. The summed E-state index contributed by atoms with van der Waals surface area (Å²) < 4.78 is 10.6. The van der Waals surface area contributed by atoms with E-state index in [0.717, 1.165) is 29.3 Å². The molecule has 0 spiro atoms. The van der Waals surface area contributed by atoms with Gasteiger partial charge in [-0.3, -0.25) is 4.79 Å². The lowest BCUT2D eigenvalue weighted by Crippen LogP contribution is -2.12. The van der Waals surface area contributed by atoms with Crippen molar-refractivity contribution in [2.24, 2.45) is 0 Å². The molecule has 0 atom stereocenters. The average Bonchev–Trinajstić information content (AvgIpc) is 3.18. The number of anilines is 1. The van der Waals surface area contributed by atoms with Gasteiger partial charge >= 0.3 is 0 Å². The number of hydrogen-bond donors (Lipinski definition) is 1. The summed E-state index contributed by atoms with van der Waals surface area (Å²) in [7, 11) is 0. The van der Waals surface area contributed by atoms with Crippen LogP contribution in [0, 0.1) is 0 Å². The van der Waals surface area contributed by atoms with E-state index in [1.165, 1.54) is 23.4 Å². The maximum Gasteiger partial charge on any atom is 0.231 e. The van der Waals surface area contributed by atoms with Gasteiger partial charge in [0, 0.05) is 29.5 Å². The maximum atomic E-state index is 12.1. The SMILES string of the molecule is O=C(CCc1nc2c(s1)CCCC2)Nc1ccc2c(c1)OCO2. The molecule has 120 valence electrons. The largest absolute Gasteiger partial charge is 0.454 e. The number of aryl methyl sites for hydroxylation is 3. The van der Waals surface area contributed by atoms with Gasteiger partial charge in [0.25, 0.3) is 0 Å². The summed E-state index contributed by atoms with van der Waals surface area (Å²) in [4.78, 5) is 18.2. The number of benzene rings is 1. The molecule has 23 heavy (non-hydrogen) atoms. The number of amides is 1. The molecule has 0 radical (unpaired) electrons. The first-order valence-corrected chi connectivity index (χ1v) is 8.76. The predicted molar refractivity (Wildman–Crippen MR) is 88.3 cm³/mol. The van der Waals surface area contributed by atoms with Crippen molar-refractivity contribution in [3.8, 4) is 11.5 Å². The lowest BCUT2D eigenvalue weighted by molar-refractivity contribution is -0.116. The molecule has 1 N–H and O–H groups in total. The van der Waals surface area contributed by atoms with E-state index in [0.29, 0.717) is 18.6 Å². The topological polar surface area (TPSA) is 60.5 Å². The molecular formula is C17H18N2O3S. The number of aromatic nitrogens is 1. The van der Waals surface area contributed by atoms with E-state index >= 15 is 0 Å². The first-order chi connectivity index (χ1) is 11.3. The third-order valence-electron chi connectivity index (χ3n) is 4.11. The van der Waals surface area contributed by atoms with Gasteiger partial charge in [0.2, 0.25) is 12.7 Å². The number of ether oxygens (including phenoxy) is 2. The van der Waals surface area contributed by atoms with Crippen LogP contribution in [0.25, 0.3) is 0 Å². The number of hydrogen-bond acceptors (Lipinski definition) is 5. The average molecular weight is 330 g/mol. The highest BCUT2D eigenvalue weighted by molar-refractivity contribution is 7.11. The van der Waals surface area contributed by atoms with Crippen LogP contribution >= 0.6 is 11.3 Å². The van der Waals surface area contributed by atoms with Gasteiger partial charge in [0.1, 0.15) is 0 Å². The normalized spacial score (nSPS) is 15.3. The van der Waals surface area contributed by atoms with Crippen molar-refractivity contribution < 1.29 is 14.3 Å². The lowest BCUT2D eigenvalue weighted by Gasteiger charge is -2.06. The third kappa shape index (κ3) is 3.17. The maximum absolute atomic E-state index is 12.1. The van der Waals surface area contributed by atoms with E-state index in [-0.39, 0.29) is 12.7 Å². The Kier molecular flexibility index (Phi) is 3.91. The fourth-order valence-corrected chi connectivity index (χ4v) is 4.09. The highest BCUT2D eigenvalue weighted by Crippen LogP contribution is 2.34. The molecule has 0 saturated heterocycles. The summed E-state index contributed by atoms with van der Waals surface area (Å²) >= 11 is 1.77. The monoisotopic (exact) mass is 330 g/mol.